The van der Waals surface area contributed by atoms with Gasteiger partial charge in [0.15, 0.2) is 0 Å². The number of anilines is 1. The van der Waals surface area contributed by atoms with Gasteiger partial charge < -0.3 is 15.0 Å². The number of carbonyl (C=O) groups is 2. The molecule has 0 heterocycles. The molecular formula is C31H39N3O5S. The maximum atomic E-state index is 14.2. The van der Waals surface area contributed by atoms with Gasteiger partial charge in [0.1, 0.15) is 18.3 Å². The summed E-state index contributed by atoms with van der Waals surface area (Å²) in [5.74, 6) is -0.189. The molecule has 0 spiro atoms. The van der Waals surface area contributed by atoms with Crippen LogP contribution in [0.2, 0.25) is 0 Å². The number of hydrogen-bond acceptors (Lipinski definition) is 5. The molecule has 0 aliphatic carbocycles. The molecule has 8 nitrogen and oxygen atoms in total. The molecule has 2 amide bonds. The summed E-state index contributed by atoms with van der Waals surface area (Å²) in [6.45, 7) is 8.87. The summed E-state index contributed by atoms with van der Waals surface area (Å²) in [5.41, 5.74) is 1.34. The van der Waals surface area contributed by atoms with Gasteiger partial charge in [0.2, 0.25) is 11.8 Å². The SMILES string of the molecule is CC[C@H](C(=O)NC(C)(C)C)N(Cc1cccc(OC)c1)C(=O)CN(c1ccccc1C)S(=O)(=O)c1ccccc1. The van der Waals surface area contributed by atoms with Crippen molar-refractivity contribution in [3.05, 3.63) is 90.0 Å². The molecule has 1 atom stereocenters. The van der Waals surface area contributed by atoms with E-state index in [2.05, 4.69) is 5.32 Å². The lowest BCUT2D eigenvalue weighted by molar-refractivity contribution is -0.141. The highest BCUT2D eigenvalue weighted by Crippen LogP contribution is 2.27. The van der Waals surface area contributed by atoms with Gasteiger partial charge in [-0.1, -0.05) is 55.5 Å². The predicted molar refractivity (Wildman–Crippen MR) is 158 cm³/mol. The van der Waals surface area contributed by atoms with Crippen molar-refractivity contribution in [2.75, 3.05) is 18.0 Å². The van der Waals surface area contributed by atoms with Crippen molar-refractivity contribution in [2.45, 2.75) is 64.1 Å². The van der Waals surface area contributed by atoms with E-state index in [9.17, 15) is 18.0 Å². The Bertz CT molecular complexity index is 1420. The normalized spacial score (nSPS) is 12.3. The van der Waals surface area contributed by atoms with Crippen molar-refractivity contribution >= 4 is 27.5 Å². The Morgan fingerprint density at radius 2 is 1.60 bits per heavy atom. The second kappa shape index (κ2) is 13.0. The lowest BCUT2D eigenvalue weighted by Gasteiger charge is -2.35. The first-order valence-corrected chi connectivity index (χ1v) is 14.7. The number of methoxy groups -OCH3 is 1. The summed E-state index contributed by atoms with van der Waals surface area (Å²) >= 11 is 0. The van der Waals surface area contributed by atoms with Gasteiger partial charge in [0.25, 0.3) is 10.0 Å². The zero-order chi connectivity index (χ0) is 29.5. The van der Waals surface area contributed by atoms with Crippen molar-refractivity contribution < 1.29 is 22.7 Å². The highest BCUT2D eigenvalue weighted by atomic mass is 32.2. The lowest BCUT2D eigenvalue weighted by Crippen LogP contribution is -2.55. The minimum atomic E-state index is -4.10. The first kappa shape index (κ1) is 30.7. The number of benzene rings is 3. The number of aryl methyl sites for hydroxylation is 1. The molecule has 0 saturated carbocycles. The van der Waals surface area contributed by atoms with Crippen molar-refractivity contribution in [3.8, 4) is 5.75 Å². The number of rotatable bonds is 11. The molecule has 1 N–H and O–H groups in total. The number of nitrogens with zero attached hydrogens (tertiary/aromatic N) is 2. The second-order valence-electron chi connectivity index (χ2n) is 10.6. The molecule has 0 aromatic heterocycles. The van der Waals surface area contributed by atoms with E-state index in [0.29, 0.717) is 23.4 Å². The molecule has 3 rings (SSSR count). The molecule has 0 radical (unpaired) electrons. The molecule has 214 valence electrons. The van der Waals surface area contributed by atoms with Gasteiger partial charge in [-0.25, -0.2) is 8.42 Å². The van der Waals surface area contributed by atoms with Crippen LogP contribution >= 0.6 is 0 Å². The summed E-state index contributed by atoms with van der Waals surface area (Å²) in [4.78, 5) is 29.1. The van der Waals surface area contributed by atoms with E-state index in [1.165, 1.54) is 17.0 Å². The minimum Gasteiger partial charge on any atom is -0.497 e. The van der Waals surface area contributed by atoms with Gasteiger partial charge in [-0.3, -0.25) is 13.9 Å². The van der Waals surface area contributed by atoms with Crippen LogP contribution in [0.4, 0.5) is 5.69 Å². The van der Waals surface area contributed by atoms with Crippen molar-refractivity contribution in [2.24, 2.45) is 0 Å². The fraction of sp³-hybridized carbons (Fsp3) is 0.355. The number of ether oxygens (including phenoxy) is 1. The Hall–Kier alpha value is -3.85. The van der Waals surface area contributed by atoms with Crippen LogP contribution in [0.25, 0.3) is 0 Å². The summed E-state index contributed by atoms with van der Waals surface area (Å²) < 4.78 is 34.3. The average Bonchev–Trinajstić information content (AvgIpc) is 2.91. The smallest absolute Gasteiger partial charge is 0.264 e. The zero-order valence-corrected chi connectivity index (χ0v) is 24.9. The van der Waals surface area contributed by atoms with E-state index >= 15 is 0 Å². The van der Waals surface area contributed by atoms with Gasteiger partial charge in [-0.15, -0.1) is 0 Å². The maximum Gasteiger partial charge on any atom is 0.264 e. The molecule has 0 aliphatic rings. The fourth-order valence-corrected chi connectivity index (χ4v) is 5.92. The van der Waals surface area contributed by atoms with Crippen LogP contribution in [0.5, 0.6) is 5.75 Å². The van der Waals surface area contributed by atoms with Gasteiger partial charge in [-0.05, 0) is 75.6 Å². The quantitative estimate of drug-likeness (QED) is 0.356. The number of hydrogen-bond donors (Lipinski definition) is 1. The summed E-state index contributed by atoms with van der Waals surface area (Å²) in [6.07, 6.45) is 0.341. The van der Waals surface area contributed by atoms with Gasteiger partial charge in [0.05, 0.1) is 17.7 Å². The van der Waals surface area contributed by atoms with Gasteiger partial charge in [-0.2, -0.15) is 0 Å². The van der Waals surface area contributed by atoms with Crippen LogP contribution in [-0.4, -0.2) is 50.4 Å². The molecule has 0 aliphatic heterocycles. The molecule has 0 bridgehead atoms. The van der Waals surface area contributed by atoms with E-state index in [1.54, 1.807) is 62.6 Å². The Kier molecular flexibility index (Phi) is 9.98. The monoisotopic (exact) mass is 565 g/mol. The van der Waals surface area contributed by atoms with Crippen LogP contribution in [0, 0.1) is 6.92 Å². The van der Waals surface area contributed by atoms with Gasteiger partial charge in [0, 0.05) is 12.1 Å². The first-order valence-electron chi connectivity index (χ1n) is 13.2. The molecular weight excluding hydrogens is 526 g/mol. The molecule has 3 aromatic carbocycles. The Morgan fingerprint density at radius 3 is 2.20 bits per heavy atom. The summed E-state index contributed by atoms with van der Waals surface area (Å²) in [5, 5.41) is 2.97. The van der Waals surface area contributed by atoms with E-state index in [0.717, 1.165) is 9.87 Å². The highest BCUT2D eigenvalue weighted by Gasteiger charge is 2.35. The van der Waals surface area contributed by atoms with E-state index in [-0.39, 0.29) is 17.3 Å². The molecule has 0 saturated heterocycles. The van der Waals surface area contributed by atoms with E-state index in [4.69, 9.17) is 4.74 Å². The predicted octanol–water partition coefficient (Wildman–Crippen LogP) is 4.92. The second-order valence-corrected chi connectivity index (χ2v) is 12.5. The maximum absolute atomic E-state index is 14.2. The third-order valence-electron chi connectivity index (χ3n) is 6.37. The average molecular weight is 566 g/mol. The summed E-state index contributed by atoms with van der Waals surface area (Å²) in [7, 11) is -2.55. The first-order chi connectivity index (χ1) is 18.9. The summed E-state index contributed by atoms with van der Waals surface area (Å²) in [6, 6.07) is 21.5. The number of amides is 2. The Morgan fingerprint density at radius 1 is 0.950 bits per heavy atom. The van der Waals surface area contributed by atoms with Crippen LogP contribution in [0.1, 0.15) is 45.2 Å². The number of nitrogens with one attached hydrogen (secondary N) is 1. The Labute approximate surface area is 238 Å². The molecule has 9 heteroatoms. The molecule has 3 aromatic rings. The topological polar surface area (TPSA) is 96.0 Å². The van der Waals surface area contributed by atoms with Gasteiger partial charge >= 0.3 is 0 Å². The zero-order valence-electron chi connectivity index (χ0n) is 24.0. The van der Waals surface area contributed by atoms with E-state index in [1.807, 2.05) is 45.9 Å². The third-order valence-corrected chi connectivity index (χ3v) is 8.14. The highest BCUT2D eigenvalue weighted by molar-refractivity contribution is 7.92. The largest absolute Gasteiger partial charge is 0.497 e. The van der Waals surface area contributed by atoms with Crippen LogP contribution in [0.3, 0.4) is 0 Å². The molecule has 0 unspecified atom stereocenters. The molecule has 40 heavy (non-hydrogen) atoms. The number of sulfonamides is 1. The van der Waals surface area contributed by atoms with Crippen molar-refractivity contribution in [3.63, 3.8) is 0 Å². The van der Waals surface area contributed by atoms with Crippen LogP contribution in [-0.2, 0) is 26.2 Å². The lowest BCUT2D eigenvalue weighted by atomic mass is 10.1. The fourth-order valence-electron chi connectivity index (χ4n) is 4.42. The number of carbonyl (C=O) groups excluding carboxylic acids is 2. The van der Waals surface area contributed by atoms with E-state index < -0.39 is 34.1 Å². The Balaban J connectivity index is 2.08. The number of para-hydroxylation sites is 1. The van der Waals surface area contributed by atoms with Crippen LogP contribution in [0.15, 0.2) is 83.8 Å². The van der Waals surface area contributed by atoms with Crippen molar-refractivity contribution in [1.29, 1.82) is 0 Å². The third kappa shape index (κ3) is 7.63. The van der Waals surface area contributed by atoms with Crippen LogP contribution < -0.4 is 14.4 Å². The molecule has 0 fully saturated rings. The standard InChI is InChI=1S/C31H39N3O5S/c1-7-27(30(36)32-31(3,4)5)33(21-24-15-13-16-25(20-24)39-6)29(35)22-34(28-19-12-11-14-23(28)2)40(37,38)26-17-9-8-10-18-26/h8-20,27H,7,21-22H2,1-6H3,(H,32,36)/t27-/m1/s1. The minimum absolute atomic E-state index is 0.0721. The van der Waals surface area contributed by atoms with Crippen molar-refractivity contribution in [1.82, 2.24) is 10.2 Å².